The van der Waals surface area contributed by atoms with E-state index in [4.69, 9.17) is 4.74 Å². The van der Waals surface area contributed by atoms with Crippen molar-refractivity contribution in [2.24, 2.45) is 0 Å². The van der Waals surface area contributed by atoms with E-state index < -0.39 is 0 Å². The third-order valence-electron chi connectivity index (χ3n) is 4.87. The van der Waals surface area contributed by atoms with Crippen LogP contribution in [0, 0.1) is 0 Å². The lowest BCUT2D eigenvalue weighted by molar-refractivity contribution is -0.119. The second-order valence-corrected chi connectivity index (χ2v) is 7.68. The van der Waals surface area contributed by atoms with Gasteiger partial charge < -0.3 is 10.1 Å². The summed E-state index contributed by atoms with van der Waals surface area (Å²) in [4.78, 5) is 32.8. The standard InChI is InChI=1S/C21H29N5O3.C6H6/c1-4-6-7-19(27)26(24-13-5-2)21-22-14-12-18(25-21)23-15-16-8-10-17(11-9-16)20(28)29-3;1-2-4-6-5-3-1/h8-12,14,24H,4-7,13,15H2,1-3H3,(H,22,23,25);1-6H. The van der Waals surface area contributed by atoms with Crippen LogP contribution in [-0.4, -0.2) is 35.5 Å². The zero-order valence-electron chi connectivity index (χ0n) is 20.7. The number of aromatic nitrogens is 2. The van der Waals surface area contributed by atoms with Gasteiger partial charge in [-0.2, -0.15) is 4.98 Å². The molecule has 35 heavy (non-hydrogen) atoms. The van der Waals surface area contributed by atoms with Crippen molar-refractivity contribution in [3.05, 3.63) is 84.1 Å². The summed E-state index contributed by atoms with van der Waals surface area (Å²) in [7, 11) is 1.36. The number of esters is 1. The van der Waals surface area contributed by atoms with Crippen LogP contribution >= 0.6 is 0 Å². The van der Waals surface area contributed by atoms with Crippen LogP contribution in [-0.2, 0) is 16.1 Å². The van der Waals surface area contributed by atoms with Crippen molar-refractivity contribution < 1.29 is 14.3 Å². The van der Waals surface area contributed by atoms with E-state index in [9.17, 15) is 9.59 Å². The molecular formula is C27H35N5O3. The third kappa shape index (κ3) is 9.93. The fourth-order valence-corrected chi connectivity index (χ4v) is 2.94. The SMILES string of the molecule is CCCCC(=O)N(NCCC)c1nccc(NCc2ccc(C(=O)OC)cc2)n1.c1ccccc1. The van der Waals surface area contributed by atoms with Crippen molar-refractivity contribution in [2.75, 3.05) is 24.0 Å². The lowest BCUT2D eigenvalue weighted by Gasteiger charge is -2.21. The van der Waals surface area contributed by atoms with Crippen molar-refractivity contribution >= 4 is 23.6 Å². The number of carbonyl (C=O) groups is 2. The molecule has 2 N–H and O–H groups in total. The molecule has 0 aliphatic carbocycles. The quantitative estimate of drug-likeness (QED) is 0.296. The van der Waals surface area contributed by atoms with Crippen LogP contribution < -0.4 is 15.8 Å². The maximum Gasteiger partial charge on any atom is 0.337 e. The maximum absolute atomic E-state index is 12.5. The molecule has 8 nitrogen and oxygen atoms in total. The van der Waals surface area contributed by atoms with Crippen LogP contribution in [0.3, 0.4) is 0 Å². The minimum absolute atomic E-state index is 0.0455. The van der Waals surface area contributed by atoms with Crippen LogP contribution in [0.2, 0.25) is 0 Å². The molecule has 1 heterocycles. The maximum atomic E-state index is 12.5. The number of amides is 1. The number of anilines is 2. The summed E-state index contributed by atoms with van der Waals surface area (Å²) >= 11 is 0. The number of benzene rings is 2. The molecule has 3 rings (SSSR count). The predicted molar refractivity (Wildman–Crippen MR) is 139 cm³/mol. The Labute approximate surface area is 207 Å². The molecular weight excluding hydrogens is 442 g/mol. The minimum atomic E-state index is -0.364. The molecule has 0 saturated carbocycles. The molecule has 0 aliphatic heterocycles. The van der Waals surface area contributed by atoms with E-state index in [0.717, 1.165) is 24.8 Å². The van der Waals surface area contributed by atoms with Gasteiger partial charge in [0, 0.05) is 25.7 Å². The van der Waals surface area contributed by atoms with Gasteiger partial charge in [0.15, 0.2) is 0 Å². The number of nitrogens with one attached hydrogen (secondary N) is 2. The van der Waals surface area contributed by atoms with Gasteiger partial charge >= 0.3 is 5.97 Å². The molecule has 0 aliphatic rings. The van der Waals surface area contributed by atoms with Crippen LogP contribution in [0.25, 0.3) is 0 Å². The summed E-state index contributed by atoms with van der Waals surface area (Å²) < 4.78 is 4.70. The first-order chi connectivity index (χ1) is 17.1. The fourth-order valence-electron chi connectivity index (χ4n) is 2.94. The Bertz CT molecular complexity index is 986. The summed E-state index contributed by atoms with van der Waals surface area (Å²) in [6.45, 7) is 5.26. The van der Waals surface area contributed by atoms with E-state index in [0.29, 0.717) is 36.8 Å². The molecule has 0 atom stereocenters. The molecule has 3 aromatic rings. The highest BCUT2D eigenvalue weighted by atomic mass is 16.5. The summed E-state index contributed by atoms with van der Waals surface area (Å²) in [5.41, 5.74) is 4.59. The zero-order chi connectivity index (χ0) is 25.3. The smallest absolute Gasteiger partial charge is 0.337 e. The van der Waals surface area contributed by atoms with E-state index in [1.165, 1.54) is 12.1 Å². The fraction of sp³-hybridized carbons (Fsp3) is 0.333. The Balaban J connectivity index is 0.000000625. The predicted octanol–water partition coefficient (Wildman–Crippen LogP) is 5.00. The van der Waals surface area contributed by atoms with Gasteiger partial charge in [-0.3, -0.25) is 4.79 Å². The summed E-state index contributed by atoms with van der Waals surface area (Å²) in [5, 5.41) is 4.66. The molecule has 0 saturated heterocycles. The Morgan fingerprint density at radius 2 is 1.60 bits per heavy atom. The second-order valence-electron chi connectivity index (χ2n) is 7.68. The number of hydrogen-bond donors (Lipinski definition) is 2. The Morgan fingerprint density at radius 1 is 0.943 bits per heavy atom. The topological polar surface area (TPSA) is 96.5 Å². The number of hydrazine groups is 1. The van der Waals surface area contributed by atoms with E-state index in [-0.39, 0.29) is 11.9 Å². The molecule has 0 spiro atoms. The van der Waals surface area contributed by atoms with Gasteiger partial charge in [0.2, 0.25) is 11.9 Å². The largest absolute Gasteiger partial charge is 0.465 e. The summed E-state index contributed by atoms with van der Waals surface area (Å²) in [5.74, 6) is 0.525. The first-order valence-corrected chi connectivity index (χ1v) is 11.9. The van der Waals surface area contributed by atoms with Gasteiger partial charge in [-0.15, -0.1) is 0 Å². The van der Waals surface area contributed by atoms with Crippen LogP contribution in [0.1, 0.15) is 55.5 Å². The highest BCUT2D eigenvalue weighted by Gasteiger charge is 2.18. The van der Waals surface area contributed by atoms with Gasteiger partial charge in [0.1, 0.15) is 5.82 Å². The highest BCUT2D eigenvalue weighted by molar-refractivity contribution is 5.90. The molecule has 0 bridgehead atoms. The molecule has 8 heteroatoms. The van der Waals surface area contributed by atoms with E-state index in [1.807, 2.05) is 55.5 Å². The average Bonchev–Trinajstić information content (AvgIpc) is 2.92. The number of carbonyl (C=O) groups excluding carboxylic acids is 2. The number of nitrogens with zero attached hydrogens (tertiary/aromatic N) is 3. The minimum Gasteiger partial charge on any atom is -0.465 e. The van der Waals surface area contributed by atoms with Gasteiger partial charge in [-0.05, 0) is 36.6 Å². The number of rotatable bonds is 11. The molecule has 0 fully saturated rings. The lowest BCUT2D eigenvalue weighted by Crippen LogP contribution is -2.44. The van der Waals surface area contributed by atoms with E-state index >= 15 is 0 Å². The number of unbranched alkanes of at least 4 members (excludes halogenated alkanes) is 1. The van der Waals surface area contributed by atoms with Crippen molar-refractivity contribution in [1.82, 2.24) is 15.4 Å². The monoisotopic (exact) mass is 477 g/mol. The van der Waals surface area contributed by atoms with E-state index in [2.05, 4.69) is 27.6 Å². The first-order valence-electron chi connectivity index (χ1n) is 11.9. The number of hydrogen-bond acceptors (Lipinski definition) is 7. The van der Waals surface area contributed by atoms with E-state index in [1.54, 1.807) is 24.4 Å². The van der Waals surface area contributed by atoms with Crippen molar-refractivity contribution in [3.8, 4) is 0 Å². The Morgan fingerprint density at radius 3 is 2.17 bits per heavy atom. The summed E-state index contributed by atoms with van der Waals surface area (Å²) in [6, 6.07) is 20.9. The van der Waals surface area contributed by atoms with Crippen molar-refractivity contribution in [3.63, 3.8) is 0 Å². The Hall–Kier alpha value is -3.78. The van der Waals surface area contributed by atoms with Crippen molar-refractivity contribution in [1.29, 1.82) is 0 Å². The van der Waals surface area contributed by atoms with Gasteiger partial charge in [0.25, 0.3) is 0 Å². The summed E-state index contributed by atoms with van der Waals surface area (Å²) in [6.07, 6.45) is 4.73. The molecule has 186 valence electrons. The normalized spacial score (nSPS) is 10.0. The van der Waals surface area contributed by atoms with Gasteiger partial charge in [-0.25, -0.2) is 20.2 Å². The van der Waals surface area contributed by atoms with Crippen molar-refractivity contribution in [2.45, 2.75) is 46.1 Å². The molecule has 1 aromatic heterocycles. The van der Waals surface area contributed by atoms with Crippen LogP contribution in [0.15, 0.2) is 72.9 Å². The van der Waals surface area contributed by atoms with Gasteiger partial charge in [-0.1, -0.05) is 68.8 Å². The highest BCUT2D eigenvalue weighted by Crippen LogP contribution is 2.13. The Kier molecular flexibility index (Phi) is 12.5. The molecule has 0 radical (unpaired) electrons. The average molecular weight is 478 g/mol. The first kappa shape index (κ1) is 27.5. The van der Waals surface area contributed by atoms with Gasteiger partial charge in [0.05, 0.1) is 12.7 Å². The zero-order valence-corrected chi connectivity index (χ0v) is 20.7. The second kappa shape index (κ2) is 16.0. The lowest BCUT2D eigenvalue weighted by atomic mass is 10.1. The molecule has 1 amide bonds. The molecule has 2 aromatic carbocycles. The molecule has 0 unspecified atom stereocenters. The van der Waals surface area contributed by atoms with Crippen LogP contribution in [0.5, 0.6) is 0 Å². The van der Waals surface area contributed by atoms with Crippen LogP contribution in [0.4, 0.5) is 11.8 Å². The number of ether oxygens (including phenoxy) is 1. The third-order valence-corrected chi connectivity index (χ3v) is 4.87. The number of methoxy groups -OCH3 is 1.